The molecule has 0 N–H and O–H groups in total. The smallest absolute Gasteiger partial charge is 0.0778 e. The minimum atomic E-state index is -3.52. The van der Waals surface area contributed by atoms with E-state index < -0.39 is 7.47 Å². The standard InChI is InChI=1S/C14H14BO3P/c15-19(16,17-11-13-7-3-1-4-8-13)18-12-14-9-5-2-6-10-14/h1-10H,11-12H2/q-1. The van der Waals surface area contributed by atoms with E-state index in [0.29, 0.717) is 0 Å². The molecule has 0 spiro atoms. The topological polar surface area (TPSA) is 35.5 Å². The van der Waals surface area contributed by atoms with Crippen LogP contribution in [0.5, 0.6) is 0 Å². The highest BCUT2D eigenvalue weighted by Crippen LogP contribution is 2.44. The van der Waals surface area contributed by atoms with Crippen LogP contribution < -0.4 is 0 Å². The van der Waals surface area contributed by atoms with Gasteiger partial charge >= 0.3 is 0 Å². The first kappa shape index (κ1) is 14.1. The van der Waals surface area contributed by atoms with E-state index in [1.165, 1.54) is 0 Å². The predicted octanol–water partition coefficient (Wildman–Crippen LogP) is 3.70. The maximum absolute atomic E-state index is 11.9. The Kier molecular flexibility index (Phi) is 4.97. The van der Waals surface area contributed by atoms with Crippen molar-refractivity contribution >= 4 is 15.0 Å². The zero-order valence-corrected chi connectivity index (χ0v) is 11.3. The molecule has 5 heteroatoms. The molecule has 0 heterocycles. The van der Waals surface area contributed by atoms with Gasteiger partial charge in [0.2, 0.25) is 0 Å². The summed E-state index contributed by atoms with van der Waals surface area (Å²) in [6.45, 7) is 0.340. The molecule has 0 aliphatic rings. The van der Waals surface area contributed by atoms with Crippen molar-refractivity contribution in [2.45, 2.75) is 13.2 Å². The molecule has 0 atom stereocenters. The normalized spacial score (nSPS) is 11.4. The molecule has 3 nitrogen and oxygen atoms in total. The minimum absolute atomic E-state index is 0.170. The SMILES string of the molecule is [B-]P(=O)(OCc1ccccc1)OCc1ccccc1. The van der Waals surface area contributed by atoms with Gasteiger partial charge in [-0.25, -0.2) is 0 Å². The fourth-order valence-corrected chi connectivity index (χ4v) is 2.25. The molecule has 0 unspecified atom stereocenters. The van der Waals surface area contributed by atoms with Crippen LogP contribution in [0.1, 0.15) is 11.1 Å². The summed E-state index contributed by atoms with van der Waals surface area (Å²) < 4.78 is 22.2. The van der Waals surface area contributed by atoms with Crippen molar-refractivity contribution in [2.24, 2.45) is 0 Å². The fraction of sp³-hybridized carbons (Fsp3) is 0.143. The Balaban J connectivity index is 1.84. The van der Waals surface area contributed by atoms with Gasteiger partial charge in [0.15, 0.2) is 0 Å². The molecule has 0 aliphatic carbocycles. The number of benzene rings is 2. The second kappa shape index (κ2) is 6.71. The third kappa shape index (κ3) is 5.03. The van der Waals surface area contributed by atoms with Crippen molar-refractivity contribution in [1.29, 1.82) is 0 Å². The molecule has 0 bridgehead atoms. The van der Waals surface area contributed by atoms with E-state index in [1.807, 2.05) is 60.7 Å². The van der Waals surface area contributed by atoms with Gasteiger partial charge in [-0.3, -0.25) is 0 Å². The van der Waals surface area contributed by atoms with Gasteiger partial charge < -0.3 is 21.2 Å². The van der Waals surface area contributed by atoms with E-state index in [0.717, 1.165) is 11.1 Å². The van der Waals surface area contributed by atoms with E-state index in [1.54, 1.807) is 0 Å². The molecule has 2 aromatic carbocycles. The molecule has 19 heavy (non-hydrogen) atoms. The molecule has 0 aromatic heterocycles. The molecule has 0 saturated carbocycles. The van der Waals surface area contributed by atoms with Gasteiger partial charge in [0.1, 0.15) is 0 Å². The van der Waals surface area contributed by atoms with Crippen molar-refractivity contribution in [3.8, 4) is 0 Å². The summed E-state index contributed by atoms with van der Waals surface area (Å²) >= 11 is 0. The molecule has 2 rings (SSSR count). The Bertz CT molecular complexity index is 498. The summed E-state index contributed by atoms with van der Waals surface area (Å²) in [4.78, 5) is 0. The average molecular weight is 272 g/mol. The van der Waals surface area contributed by atoms with Crippen LogP contribution >= 0.6 is 7.47 Å². The Morgan fingerprint density at radius 2 is 1.16 bits per heavy atom. The van der Waals surface area contributed by atoms with Gasteiger partial charge in [0.05, 0.1) is 20.7 Å². The van der Waals surface area contributed by atoms with Gasteiger partial charge in [0.25, 0.3) is 0 Å². The van der Waals surface area contributed by atoms with E-state index >= 15 is 0 Å². The van der Waals surface area contributed by atoms with Gasteiger partial charge in [-0.2, -0.15) is 0 Å². The molecule has 3 radical (unpaired) electrons. The number of hydrogen-bond donors (Lipinski definition) is 0. The quantitative estimate of drug-likeness (QED) is 0.594. The molecular weight excluding hydrogens is 258 g/mol. The molecule has 0 saturated heterocycles. The highest BCUT2D eigenvalue weighted by Gasteiger charge is 2.03. The van der Waals surface area contributed by atoms with Crippen LogP contribution in [-0.2, 0) is 26.8 Å². The highest BCUT2D eigenvalue weighted by molar-refractivity contribution is 7.79. The molecular formula is C14H14BO3P-. The van der Waals surface area contributed by atoms with Crippen LogP contribution in [0.15, 0.2) is 60.7 Å². The maximum atomic E-state index is 11.9. The third-order valence-corrected chi connectivity index (χ3v) is 3.49. The number of rotatable bonds is 6. The molecule has 0 fully saturated rings. The Morgan fingerprint density at radius 1 is 0.789 bits per heavy atom. The van der Waals surface area contributed by atoms with E-state index in [2.05, 4.69) is 0 Å². The summed E-state index contributed by atoms with van der Waals surface area (Å²) in [5.74, 6) is 0. The van der Waals surface area contributed by atoms with E-state index in [-0.39, 0.29) is 13.2 Å². The Labute approximate surface area is 114 Å². The van der Waals surface area contributed by atoms with Gasteiger partial charge in [0, 0.05) is 0 Å². The van der Waals surface area contributed by atoms with Gasteiger partial charge in [-0.15, -0.1) is 0 Å². The van der Waals surface area contributed by atoms with Crippen molar-refractivity contribution in [3.05, 3.63) is 71.8 Å². The summed E-state index contributed by atoms with van der Waals surface area (Å²) in [5.41, 5.74) is 1.80. The first-order valence-corrected chi connectivity index (χ1v) is 7.52. The molecule has 2 aromatic rings. The monoisotopic (exact) mass is 272 g/mol. The van der Waals surface area contributed by atoms with Gasteiger partial charge in [-0.1, -0.05) is 60.7 Å². The lowest BCUT2D eigenvalue weighted by Crippen LogP contribution is -1.97. The van der Waals surface area contributed by atoms with E-state index in [9.17, 15) is 4.57 Å². The van der Waals surface area contributed by atoms with Crippen molar-refractivity contribution in [1.82, 2.24) is 0 Å². The summed E-state index contributed by atoms with van der Waals surface area (Å²) in [7, 11) is 2.00. The second-order valence-corrected chi connectivity index (χ2v) is 5.65. The van der Waals surface area contributed by atoms with Crippen molar-refractivity contribution in [2.75, 3.05) is 0 Å². The zero-order chi connectivity index (χ0) is 13.6. The lowest BCUT2D eigenvalue weighted by molar-refractivity contribution is 0.205. The van der Waals surface area contributed by atoms with Crippen LogP contribution in [0.3, 0.4) is 0 Å². The van der Waals surface area contributed by atoms with Crippen LogP contribution in [0.25, 0.3) is 0 Å². The minimum Gasteiger partial charge on any atom is -0.444 e. The second-order valence-electron chi connectivity index (χ2n) is 4.06. The molecule has 0 aliphatic heterocycles. The Morgan fingerprint density at radius 3 is 1.53 bits per heavy atom. The summed E-state index contributed by atoms with van der Waals surface area (Å²) in [6.07, 6.45) is 0. The van der Waals surface area contributed by atoms with E-state index in [4.69, 9.17) is 16.6 Å². The molecule has 0 amide bonds. The fourth-order valence-electron chi connectivity index (χ4n) is 1.51. The van der Waals surface area contributed by atoms with Crippen molar-refractivity contribution in [3.63, 3.8) is 0 Å². The first-order chi connectivity index (χ1) is 9.16. The van der Waals surface area contributed by atoms with Crippen LogP contribution in [0, 0.1) is 0 Å². The first-order valence-electron chi connectivity index (χ1n) is 5.91. The van der Waals surface area contributed by atoms with Crippen molar-refractivity contribution < 1.29 is 13.6 Å². The van der Waals surface area contributed by atoms with Gasteiger partial charge in [-0.05, 0) is 11.1 Å². The number of hydrogen-bond acceptors (Lipinski definition) is 3. The largest absolute Gasteiger partial charge is 0.444 e. The highest BCUT2D eigenvalue weighted by atomic mass is 31.2. The van der Waals surface area contributed by atoms with Crippen LogP contribution in [0.4, 0.5) is 0 Å². The average Bonchev–Trinajstić information content (AvgIpc) is 2.46. The summed E-state index contributed by atoms with van der Waals surface area (Å²) in [6, 6.07) is 18.8. The zero-order valence-electron chi connectivity index (χ0n) is 10.4. The molecule has 97 valence electrons. The lowest BCUT2D eigenvalue weighted by Gasteiger charge is -2.26. The predicted molar refractivity (Wildman–Crippen MR) is 75.8 cm³/mol. The van der Waals surface area contributed by atoms with Crippen LogP contribution in [-0.4, -0.2) is 7.57 Å². The Hall–Kier alpha value is -1.35. The summed E-state index contributed by atoms with van der Waals surface area (Å²) in [5, 5.41) is 0. The van der Waals surface area contributed by atoms with Crippen LogP contribution in [0.2, 0.25) is 0 Å². The maximum Gasteiger partial charge on any atom is 0.0778 e. The third-order valence-electron chi connectivity index (χ3n) is 2.51. The lowest BCUT2D eigenvalue weighted by atomic mass is 10.2.